The Balaban J connectivity index is 1.96. The number of hydrogen-bond acceptors (Lipinski definition) is 5. The van der Waals surface area contributed by atoms with Crippen LogP contribution in [0.5, 0.6) is 0 Å². The number of ether oxygens (including phenoxy) is 3. The third kappa shape index (κ3) is 4.94. The van der Waals surface area contributed by atoms with Gasteiger partial charge in [0.25, 0.3) is 0 Å². The van der Waals surface area contributed by atoms with E-state index in [1.54, 1.807) is 0 Å². The average Bonchev–Trinajstić information content (AvgIpc) is 2.36. The largest absolute Gasteiger partial charge is 0.460 e. The van der Waals surface area contributed by atoms with Crippen LogP contribution < -0.4 is 0 Å². The molecule has 0 amide bonds. The monoisotopic (exact) mass is 300 g/mol. The van der Waals surface area contributed by atoms with Crippen LogP contribution in [0.4, 0.5) is 0 Å². The minimum Gasteiger partial charge on any atom is -0.460 e. The van der Waals surface area contributed by atoms with Crippen LogP contribution in [0.1, 0.15) is 65.7 Å². The molecule has 5 heteroatoms. The van der Waals surface area contributed by atoms with E-state index >= 15 is 0 Å². The minimum absolute atomic E-state index is 0.0318. The van der Waals surface area contributed by atoms with E-state index in [2.05, 4.69) is 0 Å². The van der Waals surface area contributed by atoms with Gasteiger partial charge in [-0.2, -0.15) is 0 Å². The topological polar surface area (TPSA) is 65.0 Å². The Bertz CT molecular complexity index is 354. The summed E-state index contributed by atoms with van der Waals surface area (Å²) in [6.45, 7) is 5.54. The van der Waals surface area contributed by atoms with Gasteiger partial charge in [0.05, 0.1) is 25.2 Å². The van der Waals surface area contributed by atoms with Gasteiger partial charge in [-0.25, -0.2) is 0 Å². The molecule has 1 spiro atoms. The van der Waals surface area contributed by atoms with Crippen molar-refractivity contribution in [3.63, 3.8) is 0 Å². The van der Waals surface area contributed by atoms with Crippen LogP contribution in [-0.2, 0) is 19.0 Å². The molecule has 0 aromatic heterocycles. The van der Waals surface area contributed by atoms with Gasteiger partial charge in [0.1, 0.15) is 5.60 Å². The third-order valence-corrected chi connectivity index (χ3v) is 3.92. The first-order valence-electron chi connectivity index (χ1n) is 8.00. The van der Waals surface area contributed by atoms with Crippen molar-refractivity contribution in [3.05, 3.63) is 0 Å². The highest BCUT2D eigenvalue weighted by Crippen LogP contribution is 2.39. The number of aliphatic hydroxyl groups is 1. The molecule has 1 saturated carbocycles. The second kappa shape index (κ2) is 6.63. The molecule has 0 bridgehead atoms. The van der Waals surface area contributed by atoms with Gasteiger partial charge in [-0.1, -0.05) is 6.42 Å². The Hall–Kier alpha value is -0.650. The van der Waals surface area contributed by atoms with Crippen LogP contribution in [0.25, 0.3) is 0 Å². The molecule has 21 heavy (non-hydrogen) atoms. The van der Waals surface area contributed by atoms with Gasteiger partial charge in [-0.15, -0.1) is 0 Å². The zero-order chi connectivity index (χ0) is 15.5. The van der Waals surface area contributed by atoms with Crippen molar-refractivity contribution in [3.8, 4) is 0 Å². The van der Waals surface area contributed by atoms with Crippen LogP contribution in [0.3, 0.4) is 0 Å². The van der Waals surface area contributed by atoms with Crippen LogP contribution >= 0.6 is 0 Å². The summed E-state index contributed by atoms with van der Waals surface area (Å²) in [6.07, 6.45) is 5.29. The summed E-state index contributed by atoms with van der Waals surface area (Å²) in [5, 5.41) is 9.45. The molecular weight excluding hydrogens is 272 g/mol. The standard InChI is InChI=1S/C16H28O5/c1-15(2,3)21-14(18)10-12-9-13(11-17)20-16(19-12)7-5-4-6-8-16/h12-13,17H,4-11H2,1-3H3. The number of hydrogen-bond donors (Lipinski definition) is 1. The molecule has 122 valence electrons. The van der Waals surface area contributed by atoms with Gasteiger partial charge in [0.15, 0.2) is 5.79 Å². The summed E-state index contributed by atoms with van der Waals surface area (Å²) >= 11 is 0. The SMILES string of the molecule is CC(C)(C)OC(=O)CC1CC(CO)OC2(CCCCC2)O1. The van der Waals surface area contributed by atoms with Gasteiger partial charge in [0.2, 0.25) is 0 Å². The summed E-state index contributed by atoms with van der Waals surface area (Å²) in [5.41, 5.74) is -0.485. The van der Waals surface area contributed by atoms with Crippen molar-refractivity contribution in [2.45, 2.75) is 89.3 Å². The van der Waals surface area contributed by atoms with Gasteiger partial charge in [-0.3, -0.25) is 4.79 Å². The van der Waals surface area contributed by atoms with Crippen LogP contribution in [0.2, 0.25) is 0 Å². The predicted molar refractivity (Wildman–Crippen MR) is 77.7 cm³/mol. The zero-order valence-corrected chi connectivity index (χ0v) is 13.4. The van der Waals surface area contributed by atoms with Crippen molar-refractivity contribution in [1.82, 2.24) is 0 Å². The van der Waals surface area contributed by atoms with E-state index in [0.29, 0.717) is 6.42 Å². The summed E-state index contributed by atoms with van der Waals surface area (Å²) in [6, 6.07) is 0. The first-order chi connectivity index (χ1) is 9.82. The molecule has 1 aliphatic heterocycles. The van der Waals surface area contributed by atoms with Gasteiger partial charge < -0.3 is 19.3 Å². The van der Waals surface area contributed by atoms with E-state index in [1.807, 2.05) is 20.8 Å². The Morgan fingerprint density at radius 2 is 1.81 bits per heavy atom. The lowest BCUT2D eigenvalue weighted by atomic mass is 9.91. The fourth-order valence-corrected chi connectivity index (χ4v) is 3.16. The Morgan fingerprint density at radius 3 is 2.38 bits per heavy atom. The number of rotatable bonds is 3. The predicted octanol–water partition coefficient (Wildman–Crippen LogP) is 2.55. The number of esters is 1. The zero-order valence-electron chi connectivity index (χ0n) is 13.4. The number of aliphatic hydroxyl groups excluding tert-OH is 1. The van der Waals surface area contributed by atoms with Crippen molar-refractivity contribution in [2.24, 2.45) is 0 Å². The maximum Gasteiger partial charge on any atom is 0.308 e. The molecule has 0 radical (unpaired) electrons. The molecule has 2 atom stereocenters. The maximum atomic E-state index is 12.0. The smallest absolute Gasteiger partial charge is 0.308 e. The molecular formula is C16H28O5. The molecule has 5 nitrogen and oxygen atoms in total. The Labute approximate surface area is 126 Å². The van der Waals surface area contributed by atoms with Crippen LogP contribution in [0.15, 0.2) is 0 Å². The van der Waals surface area contributed by atoms with Crippen LogP contribution in [-0.4, -0.2) is 41.3 Å². The van der Waals surface area contributed by atoms with Gasteiger partial charge in [-0.05, 0) is 33.6 Å². The first kappa shape index (κ1) is 16.7. The highest BCUT2D eigenvalue weighted by atomic mass is 16.7. The molecule has 1 aliphatic carbocycles. The van der Waals surface area contributed by atoms with Crippen molar-refractivity contribution < 1.29 is 24.1 Å². The summed E-state index contributed by atoms with van der Waals surface area (Å²) < 4.78 is 17.4. The first-order valence-corrected chi connectivity index (χ1v) is 8.00. The lowest BCUT2D eigenvalue weighted by molar-refractivity contribution is -0.332. The van der Waals surface area contributed by atoms with Crippen molar-refractivity contribution in [1.29, 1.82) is 0 Å². The molecule has 2 rings (SSSR count). The van der Waals surface area contributed by atoms with Gasteiger partial charge in [0, 0.05) is 19.3 Å². The minimum atomic E-state index is -0.601. The van der Waals surface area contributed by atoms with E-state index in [0.717, 1.165) is 25.7 Å². The normalized spacial score (nSPS) is 29.3. The molecule has 0 aromatic carbocycles. The van der Waals surface area contributed by atoms with Gasteiger partial charge >= 0.3 is 5.97 Å². The fourth-order valence-electron chi connectivity index (χ4n) is 3.16. The fraction of sp³-hybridized carbons (Fsp3) is 0.938. The van der Waals surface area contributed by atoms with Crippen LogP contribution in [0, 0.1) is 0 Å². The van der Waals surface area contributed by atoms with E-state index in [9.17, 15) is 9.90 Å². The van der Waals surface area contributed by atoms with E-state index < -0.39 is 11.4 Å². The van der Waals surface area contributed by atoms with Crippen molar-refractivity contribution in [2.75, 3.05) is 6.61 Å². The molecule has 2 fully saturated rings. The summed E-state index contributed by atoms with van der Waals surface area (Å²) in [7, 11) is 0. The van der Waals surface area contributed by atoms with E-state index in [-0.39, 0.29) is 31.2 Å². The molecule has 0 aromatic rings. The highest BCUT2D eigenvalue weighted by Gasteiger charge is 2.43. The maximum absolute atomic E-state index is 12.0. The Morgan fingerprint density at radius 1 is 1.19 bits per heavy atom. The third-order valence-electron chi connectivity index (χ3n) is 3.92. The van der Waals surface area contributed by atoms with E-state index in [1.165, 1.54) is 6.42 Å². The average molecular weight is 300 g/mol. The number of carbonyl (C=O) groups is 1. The molecule has 1 saturated heterocycles. The van der Waals surface area contributed by atoms with E-state index in [4.69, 9.17) is 14.2 Å². The summed E-state index contributed by atoms with van der Waals surface area (Å²) in [5.74, 6) is -0.853. The lowest BCUT2D eigenvalue weighted by Gasteiger charge is -2.46. The lowest BCUT2D eigenvalue weighted by Crippen LogP contribution is -2.51. The molecule has 1 N–H and O–H groups in total. The summed E-state index contributed by atoms with van der Waals surface area (Å²) in [4.78, 5) is 12.0. The Kier molecular flexibility index (Phi) is 5.28. The quantitative estimate of drug-likeness (QED) is 0.811. The second-order valence-corrected chi connectivity index (χ2v) is 7.16. The number of carbonyl (C=O) groups excluding carboxylic acids is 1. The second-order valence-electron chi connectivity index (χ2n) is 7.16. The molecule has 2 unspecified atom stereocenters. The van der Waals surface area contributed by atoms with Crippen molar-refractivity contribution >= 4 is 5.97 Å². The molecule has 1 heterocycles. The molecule has 2 aliphatic rings. The highest BCUT2D eigenvalue weighted by molar-refractivity contribution is 5.70.